The number of sulfonamides is 1. The van der Waals surface area contributed by atoms with Crippen LogP contribution >= 0.6 is 0 Å². The van der Waals surface area contributed by atoms with Gasteiger partial charge in [0.05, 0.1) is 10.4 Å². The summed E-state index contributed by atoms with van der Waals surface area (Å²) in [5.74, 6) is -1.04. The minimum Gasteiger partial charge on any atom is -0.408 e. The first kappa shape index (κ1) is 17.9. The standard InChI is InChI=1S/C17H17N3O5S/c1-3-18-26(23,24)12-6-4-10(2)13(9-12)16(21)19-11-5-7-15-14(8-11)20-17(22)25-15/h4-9,18H,3H2,1-2H3,(H,19,21)(H,20,22). The Labute approximate surface area is 149 Å². The second-order valence-corrected chi connectivity index (χ2v) is 7.42. The van der Waals surface area contributed by atoms with Gasteiger partial charge in [-0.1, -0.05) is 13.0 Å². The first-order valence-electron chi connectivity index (χ1n) is 7.84. The van der Waals surface area contributed by atoms with Crippen LogP contribution in [-0.2, 0) is 10.0 Å². The average molecular weight is 375 g/mol. The topological polar surface area (TPSA) is 121 Å². The number of benzene rings is 2. The maximum absolute atomic E-state index is 12.6. The van der Waals surface area contributed by atoms with E-state index in [1.165, 1.54) is 12.1 Å². The van der Waals surface area contributed by atoms with Crippen LogP contribution in [0.25, 0.3) is 11.1 Å². The van der Waals surface area contributed by atoms with Gasteiger partial charge in [0.1, 0.15) is 0 Å². The number of rotatable bonds is 5. The first-order valence-corrected chi connectivity index (χ1v) is 9.33. The van der Waals surface area contributed by atoms with Crippen LogP contribution in [0.1, 0.15) is 22.8 Å². The van der Waals surface area contributed by atoms with E-state index < -0.39 is 21.7 Å². The Balaban J connectivity index is 1.92. The van der Waals surface area contributed by atoms with E-state index in [4.69, 9.17) is 4.42 Å². The number of fused-ring (bicyclic) bond motifs is 1. The van der Waals surface area contributed by atoms with Crippen LogP contribution in [0.2, 0.25) is 0 Å². The highest BCUT2D eigenvalue weighted by Gasteiger charge is 2.17. The number of amides is 1. The number of nitrogens with one attached hydrogen (secondary N) is 3. The van der Waals surface area contributed by atoms with Gasteiger partial charge < -0.3 is 9.73 Å². The fraction of sp³-hybridized carbons (Fsp3) is 0.176. The summed E-state index contributed by atoms with van der Waals surface area (Å²) in [7, 11) is -3.66. The molecule has 3 rings (SSSR count). The molecule has 0 bridgehead atoms. The highest BCUT2D eigenvalue weighted by Crippen LogP contribution is 2.20. The van der Waals surface area contributed by atoms with Crippen molar-refractivity contribution < 1.29 is 17.6 Å². The van der Waals surface area contributed by atoms with Gasteiger partial charge in [0.15, 0.2) is 5.58 Å². The molecule has 1 aromatic heterocycles. The lowest BCUT2D eigenvalue weighted by atomic mass is 10.1. The van der Waals surface area contributed by atoms with Crippen LogP contribution < -0.4 is 15.8 Å². The molecule has 0 atom stereocenters. The zero-order valence-electron chi connectivity index (χ0n) is 14.1. The van der Waals surface area contributed by atoms with E-state index in [2.05, 4.69) is 15.0 Å². The summed E-state index contributed by atoms with van der Waals surface area (Å²) < 4.78 is 31.6. The Morgan fingerprint density at radius 1 is 1.19 bits per heavy atom. The van der Waals surface area contributed by atoms with Crippen molar-refractivity contribution in [2.75, 3.05) is 11.9 Å². The third-order valence-electron chi connectivity index (χ3n) is 3.78. The van der Waals surface area contributed by atoms with Crippen LogP contribution in [0.15, 0.2) is 50.5 Å². The zero-order valence-corrected chi connectivity index (χ0v) is 14.9. The van der Waals surface area contributed by atoms with Crippen LogP contribution in [0.4, 0.5) is 5.69 Å². The number of hydrogen-bond donors (Lipinski definition) is 3. The number of aromatic amines is 1. The van der Waals surface area contributed by atoms with Gasteiger partial charge in [-0.05, 0) is 42.8 Å². The molecule has 3 N–H and O–H groups in total. The molecule has 26 heavy (non-hydrogen) atoms. The maximum Gasteiger partial charge on any atom is 0.417 e. The molecule has 0 unspecified atom stereocenters. The molecule has 9 heteroatoms. The van der Waals surface area contributed by atoms with E-state index in [0.717, 1.165) is 0 Å². The molecule has 0 aliphatic carbocycles. The number of aryl methyl sites for hydroxylation is 1. The summed E-state index contributed by atoms with van der Waals surface area (Å²) in [5, 5.41) is 2.69. The molecule has 1 amide bonds. The molecule has 0 spiro atoms. The van der Waals surface area contributed by atoms with E-state index in [0.29, 0.717) is 22.4 Å². The summed E-state index contributed by atoms with van der Waals surface area (Å²) in [5.41, 5.74) is 2.15. The molecule has 2 aromatic carbocycles. The number of H-pyrrole nitrogens is 1. The van der Waals surface area contributed by atoms with Crippen molar-refractivity contribution >= 4 is 32.7 Å². The van der Waals surface area contributed by atoms with Gasteiger partial charge in [0, 0.05) is 17.8 Å². The summed E-state index contributed by atoms with van der Waals surface area (Å²) >= 11 is 0. The third kappa shape index (κ3) is 3.53. The van der Waals surface area contributed by atoms with Crippen molar-refractivity contribution in [1.29, 1.82) is 0 Å². The lowest BCUT2D eigenvalue weighted by Crippen LogP contribution is -2.24. The molecule has 0 aliphatic rings. The van der Waals surface area contributed by atoms with E-state index in [1.807, 2.05) is 0 Å². The fourth-order valence-electron chi connectivity index (χ4n) is 2.51. The molecule has 1 heterocycles. The molecule has 0 saturated heterocycles. The lowest BCUT2D eigenvalue weighted by molar-refractivity contribution is 0.102. The second kappa shape index (κ2) is 6.77. The normalized spacial score (nSPS) is 11.6. The van der Waals surface area contributed by atoms with Crippen molar-refractivity contribution in [3.05, 3.63) is 58.1 Å². The molecule has 3 aromatic rings. The molecule has 0 aliphatic heterocycles. The lowest BCUT2D eigenvalue weighted by Gasteiger charge is -2.10. The SMILES string of the molecule is CCNS(=O)(=O)c1ccc(C)c(C(=O)Nc2ccc3oc(=O)[nH]c3c2)c1. The number of carbonyl (C=O) groups is 1. The second-order valence-electron chi connectivity index (χ2n) is 5.66. The summed E-state index contributed by atoms with van der Waals surface area (Å²) in [4.78, 5) is 26.3. The van der Waals surface area contributed by atoms with Crippen LogP contribution in [0, 0.1) is 6.92 Å². The van der Waals surface area contributed by atoms with Crippen molar-refractivity contribution in [3.63, 3.8) is 0 Å². The van der Waals surface area contributed by atoms with Crippen LogP contribution in [-0.4, -0.2) is 25.9 Å². The largest absolute Gasteiger partial charge is 0.417 e. The van der Waals surface area contributed by atoms with Gasteiger partial charge in [-0.15, -0.1) is 0 Å². The minimum atomic E-state index is -3.66. The Bertz CT molecular complexity index is 1140. The molecule has 0 fully saturated rings. The zero-order chi connectivity index (χ0) is 18.9. The van der Waals surface area contributed by atoms with Crippen molar-refractivity contribution in [2.45, 2.75) is 18.7 Å². The van der Waals surface area contributed by atoms with Gasteiger partial charge >= 0.3 is 5.76 Å². The molecule has 0 saturated carbocycles. The summed E-state index contributed by atoms with van der Waals surface area (Å²) in [6, 6.07) is 9.07. The number of anilines is 1. The van der Waals surface area contributed by atoms with E-state index in [-0.39, 0.29) is 17.0 Å². The molecular formula is C17H17N3O5S. The van der Waals surface area contributed by atoms with Gasteiger partial charge in [0.2, 0.25) is 10.0 Å². The molecule has 8 nitrogen and oxygen atoms in total. The van der Waals surface area contributed by atoms with E-state index >= 15 is 0 Å². The van der Waals surface area contributed by atoms with Gasteiger partial charge in [0.25, 0.3) is 5.91 Å². The predicted octanol–water partition coefficient (Wildman–Crippen LogP) is 1.98. The van der Waals surface area contributed by atoms with Gasteiger partial charge in [-0.2, -0.15) is 0 Å². The number of carbonyl (C=O) groups excluding carboxylic acids is 1. The van der Waals surface area contributed by atoms with Crippen LogP contribution in [0.5, 0.6) is 0 Å². The first-order chi connectivity index (χ1) is 12.3. The summed E-state index contributed by atoms with van der Waals surface area (Å²) in [6.07, 6.45) is 0. The quantitative estimate of drug-likeness (QED) is 0.629. The van der Waals surface area contributed by atoms with Crippen molar-refractivity contribution in [3.8, 4) is 0 Å². The Kier molecular flexibility index (Phi) is 4.66. The van der Waals surface area contributed by atoms with Gasteiger partial charge in [-0.25, -0.2) is 17.9 Å². The highest BCUT2D eigenvalue weighted by molar-refractivity contribution is 7.89. The van der Waals surface area contributed by atoms with E-state index in [9.17, 15) is 18.0 Å². The third-order valence-corrected chi connectivity index (χ3v) is 5.32. The molecular weight excluding hydrogens is 358 g/mol. The smallest absolute Gasteiger partial charge is 0.408 e. The average Bonchev–Trinajstić information content (AvgIpc) is 2.94. The monoisotopic (exact) mass is 375 g/mol. The fourth-order valence-corrected chi connectivity index (χ4v) is 3.58. The van der Waals surface area contributed by atoms with Gasteiger partial charge in [-0.3, -0.25) is 9.78 Å². The summed E-state index contributed by atoms with van der Waals surface area (Å²) in [6.45, 7) is 3.64. The van der Waals surface area contributed by atoms with Crippen molar-refractivity contribution in [1.82, 2.24) is 9.71 Å². The number of oxazole rings is 1. The van der Waals surface area contributed by atoms with Crippen molar-refractivity contribution in [2.24, 2.45) is 0 Å². The minimum absolute atomic E-state index is 0.0183. The Morgan fingerprint density at radius 3 is 2.69 bits per heavy atom. The Morgan fingerprint density at radius 2 is 1.96 bits per heavy atom. The molecule has 136 valence electrons. The predicted molar refractivity (Wildman–Crippen MR) is 96.8 cm³/mol. The highest BCUT2D eigenvalue weighted by atomic mass is 32.2. The number of hydrogen-bond acceptors (Lipinski definition) is 5. The molecule has 0 radical (unpaired) electrons. The van der Waals surface area contributed by atoms with Crippen LogP contribution in [0.3, 0.4) is 0 Å². The van der Waals surface area contributed by atoms with E-state index in [1.54, 1.807) is 38.1 Å². The maximum atomic E-state index is 12.6. The number of aromatic nitrogens is 1. The Hall–Kier alpha value is -2.91.